The maximum Gasteiger partial charge on any atom is 0.226 e. The summed E-state index contributed by atoms with van der Waals surface area (Å²) >= 11 is 1.60. The van der Waals surface area contributed by atoms with Crippen LogP contribution in [0.15, 0.2) is 54.0 Å². The third-order valence-corrected chi connectivity index (χ3v) is 8.48. The summed E-state index contributed by atoms with van der Waals surface area (Å²) in [7, 11) is 3.72. The first kappa shape index (κ1) is 27.8. The molecule has 0 radical (unpaired) electrons. The van der Waals surface area contributed by atoms with Gasteiger partial charge in [0, 0.05) is 39.3 Å². The quantitative estimate of drug-likeness (QED) is 0.296. The number of hydrogen-bond donors (Lipinski definition) is 0. The lowest BCUT2D eigenvalue weighted by Crippen LogP contribution is -2.52. The van der Waals surface area contributed by atoms with Crippen LogP contribution in [-0.4, -0.2) is 85.8 Å². The van der Waals surface area contributed by atoms with Crippen LogP contribution in [0.2, 0.25) is 0 Å². The lowest BCUT2D eigenvalue weighted by atomic mass is 10.0. The standard InChI is InChI=1S/C30H33F2N5O3S/c1-35-8-10-36(11-9-35)16-23-17-37(30-33-15-28-25(34-30)7-12-41-28)18-27(40-23)21-13-24(31)29(32)26(14-21)39-19-20-3-5-22(38-2)6-4-20/h3-7,12-15,23,27H,8-11,16-19H2,1-2H3. The summed E-state index contributed by atoms with van der Waals surface area (Å²) in [5.41, 5.74) is 2.21. The van der Waals surface area contributed by atoms with Gasteiger partial charge in [-0.3, -0.25) is 4.90 Å². The van der Waals surface area contributed by atoms with Gasteiger partial charge in [0.2, 0.25) is 11.8 Å². The molecular weight excluding hydrogens is 548 g/mol. The van der Waals surface area contributed by atoms with Crippen molar-refractivity contribution >= 4 is 27.5 Å². The lowest BCUT2D eigenvalue weighted by molar-refractivity contribution is -0.0476. The van der Waals surface area contributed by atoms with E-state index in [0.29, 0.717) is 30.4 Å². The number of methoxy groups -OCH3 is 1. The van der Waals surface area contributed by atoms with Gasteiger partial charge in [-0.2, -0.15) is 4.39 Å². The van der Waals surface area contributed by atoms with Crippen molar-refractivity contribution in [3.63, 3.8) is 0 Å². The molecule has 0 spiro atoms. The molecule has 0 bridgehead atoms. The highest BCUT2D eigenvalue weighted by Crippen LogP contribution is 2.33. The number of fused-ring (bicyclic) bond motifs is 1. The van der Waals surface area contributed by atoms with Crippen molar-refractivity contribution in [3.05, 3.63) is 76.8 Å². The van der Waals surface area contributed by atoms with Crippen LogP contribution in [0.25, 0.3) is 10.2 Å². The van der Waals surface area contributed by atoms with Crippen molar-refractivity contribution in [2.45, 2.75) is 18.8 Å². The van der Waals surface area contributed by atoms with Gasteiger partial charge in [0.1, 0.15) is 18.5 Å². The highest BCUT2D eigenvalue weighted by atomic mass is 32.1. The Balaban J connectivity index is 1.25. The second-order valence-corrected chi connectivity index (χ2v) is 11.5. The Morgan fingerprint density at radius 1 is 1.05 bits per heavy atom. The summed E-state index contributed by atoms with van der Waals surface area (Å²) in [6.07, 6.45) is 1.14. The first-order chi connectivity index (χ1) is 19.9. The number of piperazine rings is 1. The fraction of sp³-hybridized carbons (Fsp3) is 0.400. The Labute approximate surface area is 242 Å². The van der Waals surface area contributed by atoms with Crippen LogP contribution in [0.3, 0.4) is 0 Å². The summed E-state index contributed by atoms with van der Waals surface area (Å²) in [5, 5.41) is 2.00. The highest BCUT2D eigenvalue weighted by molar-refractivity contribution is 7.17. The normalized spacial score (nSPS) is 20.4. The number of likely N-dealkylation sites (N-methyl/N-ethyl adjacent to an activating group) is 1. The predicted molar refractivity (Wildman–Crippen MR) is 155 cm³/mol. The topological polar surface area (TPSA) is 63.2 Å². The maximum absolute atomic E-state index is 14.9. The third kappa shape index (κ3) is 6.43. The largest absolute Gasteiger partial charge is 0.497 e. The van der Waals surface area contributed by atoms with Crippen LogP contribution < -0.4 is 14.4 Å². The van der Waals surface area contributed by atoms with Crippen LogP contribution in [0.4, 0.5) is 14.7 Å². The molecule has 0 aliphatic carbocycles. The number of halogens is 2. The smallest absolute Gasteiger partial charge is 0.226 e. The summed E-state index contributed by atoms with van der Waals surface area (Å²) in [6.45, 7) is 5.71. The molecule has 8 nitrogen and oxygen atoms in total. The molecule has 11 heteroatoms. The summed E-state index contributed by atoms with van der Waals surface area (Å²) in [6, 6.07) is 12.0. The molecule has 2 aliphatic heterocycles. The lowest BCUT2D eigenvalue weighted by Gasteiger charge is -2.41. The third-order valence-electron chi connectivity index (χ3n) is 7.64. The van der Waals surface area contributed by atoms with E-state index in [1.54, 1.807) is 36.6 Å². The van der Waals surface area contributed by atoms with E-state index in [1.807, 2.05) is 29.8 Å². The maximum atomic E-state index is 14.9. The summed E-state index contributed by atoms with van der Waals surface area (Å²) < 4.78 is 48.3. The van der Waals surface area contributed by atoms with Crippen LogP contribution in [0, 0.1) is 11.6 Å². The number of nitrogens with zero attached hydrogens (tertiary/aromatic N) is 5. The minimum atomic E-state index is -1.02. The van der Waals surface area contributed by atoms with Gasteiger partial charge in [-0.1, -0.05) is 12.1 Å². The Morgan fingerprint density at radius 3 is 2.63 bits per heavy atom. The van der Waals surface area contributed by atoms with Crippen molar-refractivity contribution in [2.75, 3.05) is 64.9 Å². The van der Waals surface area contributed by atoms with Gasteiger partial charge in [-0.15, -0.1) is 11.3 Å². The molecule has 6 rings (SSSR count). The van der Waals surface area contributed by atoms with Gasteiger partial charge < -0.3 is 24.0 Å². The molecule has 2 aromatic carbocycles. The van der Waals surface area contributed by atoms with Crippen LogP contribution in [0.5, 0.6) is 11.5 Å². The molecular formula is C30H33F2N5O3S. The number of hydrogen-bond acceptors (Lipinski definition) is 9. The molecule has 2 aliphatic rings. The SMILES string of the molecule is COc1ccc(COc2cc(C3CN(c4ncc5sccc5n4)CC(CN4CCN(C)CC4)O3)cc(F)c2F)cc1. The number of morpholine rings is 1. The molecule has 216 valence electrons. The summed E-state index contributed by atoms with van der Waals surface area (Å²) in [4.78, 5) is 16.2. The van der Waals surface area contributed by atoms with Gasteiger partial charge in [0.05, 0.1) is 36.2 Å². The zero-order valence-corrected chi connectivity index (χ0v) is 23.9. The minimum absolute atomic E-state index is 0.0853. The predicted octanol–water partition coefficient (Wildman–Crippen LogP) is 4.75. The molecule has 41 heavy (non-hydrogen) atoms. The Morgan fingerprint density at radius 2 is 1.85 bits per heavy atom. The van der Waals surface area contributed by atoms with E-state index in [2.05, 4.69) is 26.7 Å². The van der Waals surface area contributed by atoms with E-state index in [1.165, 1.54) is 6.07 Å². The van der Waals surface area contributed by atoms with E-state index >= 15 is 0 Å². The monoisotopic (exact) mass is 581 g/mol. The zero-order chi connectivity index (χ0) is 28.3. The van der Waals surface area contributed by atoms with E-state index in [-0.39, 0.29) is 18.5 Å². The molecule has 2 aromatic heterocycles. The number of benzene rings is 2. The van der Waals surface area contributed by atoms with E-state index in [0.717, 1.165) is 48.5 Å². The summed E-state index contributed by atoms with van der Waals surface area (Å²) in [5.74, 6) is -0.829. The molecule has 0 saturated carbocycles. The van der Waals surface area contributed by atoms with Gasteiger partial charge >= 0.3 is 0 Å². The van der Waals surface area contributed by atoms with Crippen LogP contribution >= 0.6 is 11.3 Å². The molecule has 2 atom stereocenters. The Hall–Kier alpha value is -3.38. The van der Waals surface area contributed by atoms with E-state index in [4.69, 9.17) is 19.2 Å². The molecule has 4 heterocycles. The second-order valence-electron chi connectivity index (χ2n) is 10.5. The van der Waals surface area contributed by atoms with Crippen LogP contribution in [-0.2, 0) is 11.3 Å². The number of thiophene rings is 1. The number of anilines is 1. The van der Waals surface area contributed by atoms with Gasteiger partial charge in [0.15, 0.2) is 11.6 Å². The molecule has 4 aromatic rings. The van der Waals surface area contributed by atoms with Crippen molar-refractivity contribution in [1.82, 2.24) is 19.8 Å². The van der Waals surface area contributed by atoms with Crippen molar-refractivity contribution in [3.8, 4) is 11.5 Å². The molecule has 2 saturated heterocycles. The Bertz CT molecular complexity index is 1480. The highest BCUT2D eigenvalue weighted by Gasteiger charge is 2.33. The number of ether oxygens (including phenoxy) is 3. The average Bonchev–Trinajstić information content (AvgIpc) is 3.47. The van der Waals surface area contributed by atoms with Crippen molar-refractivity contribution in [2.24, 2.45) is 0 Å². The Kier molecular flexibility index (Phi) is 8.29. The molecule has 2 fully saturated rings. The van der Waals surface area contributed by atoms with Crippen molar-refractivity contribution in [1.29, 1.82) is 0 Å². The second kappa shape index (κ2) is 12.2. The van der Waals surface area contributed by atoms with Crippen molar-refractivity contribution < 1.29 is 23.0 Å². The van der Waals surface area contributed by atoms with Gasteiger partial charge in [-0.05, 0) is 53.9 Å². The van der Waals surface area contributed by atoms with E-state index in [9.17, 15) is 8.78 Å². The number of aromatic nitrogens is 2. The van der Waals surface area contributed by atoms with Gasteiger partial charge in [0.25, 0.3) is 0 Å². The minimum Gasteiger partial charge on any atom is -0.497 e. The molecule has 0 amide bonds. The zero-order valence-electron chi connectivity index (χ0n) is 23.1. The fourth-order valence-electron chi connectivity index (χ4n) is 5.27. The van der Waals surface area contributed by atoms with Crippen LogP contribution in [0.1, 0.15) is 17.2 Å². The fourth-order valence-corrected chi connectivity index (χ4v) is 5.96. The first-order valence-corrected chi connectivity index (χ1v) is 14.6. The van der Waals surface area contributed by atoms with Gasteiger partial charge in [-0.25, -0.2) is 14.4 Å². The van der Waals surface area contributed by atoms with E-state index < -0.39 is 17.7 Å². The molecule has 2 unspecified atom stereocenters. The molecule has 0 N–H and O–H groups in total. The first-order valence-electron chi connectivity index (χ1n) is 13.7. The average molecular weight is 582 g/mol. The number of rotatable bonds is 8.